The number of nitrogens with two attached hydrogens (primary N) is 2. The molecule has 0 spiro atoms. The molecule has 6 heterocycles. The predicted molar refractivity (Wildman–Crippen MR) is 239 cm³/mol. The van der Waals surface area contributed by atoms with Crippen LogP contribution in [0, 0.1) is 5.92 Å². The van der Waals surface area contributed by atoms with Gasteiger partial charge in [0.1, 0.15) is 134 Å². The number of aliphatic hydroxyl groups is 16. The highest BCUT2D eigenvalue weighted by Crippen LogP contribution is 2.57. The Morgan fingerprint density at radius 3 is 1.51 bits per heavy atom. The van der Waals surface area contributed by atoms with E-state index in [1.807, 2.05) is 0 Å². The van der Waals surface area contributed by atoms with E-state index < -0.39 is 238 Å². The number of ether oxygens (including phenoxy) is 10. The molecule has 450 valence electrons. The lowest BCUT2D eigenvalue weighted by Gasteiger charge is -2.49. The number of rotatable bonds is 20. The lowest BCUT2D eigenvalue weighted by atomic mass is 9.79. The first kappa shape index (κ1) is 63.7. The lowest BCUT2D eigenvalue weighted by molar-refractivity contribution is -0.396. The molecule has 0 bridgehead atoms. The van der Waals surface area contributed by atoms with Crippen LogP contribution in [-0.2, 0) is 74.6 Å². The zero-order chi connectivity index (χ0) is 56.7. The van der Waals surface area contributed by atoms with Crippen molar-refractivity contribution in [1.82, 2.24) is 0 Å². The third kappa shape index (κ3) is 13.7. The second-order valence-corrected chi connectivity index (χ2v) is 23.0. The molecule has 7 aliphatic rings. The van der Waals surface area contributed by atoms with E-state index in [9.17, 15) is 95.7 Å². The van der Waals surface area contributed by atoms with Crippen molar-refractivity contribution in [2.24, 2.45) is 17.4 Å². The maximum atomic E-state index is 12.9. The van der Waals surface area contributed by atoms with Gasteiger partial charge in [0.15, 0.2) is 31.5 Å². The normalized spacial score (nSPS) is 52.5. The monoisotopic (exact) mass is 1170 g/mol. The van der Waals surface area contributed by atoms with Crippen molar-refractivity contribution in [3.8, 4) is 0 Å². The van der Waals surface area contributed by atoms with E-state index in [0.717, 1.165) is 6.66 Å². The fraction of sp³-hybridized carbons (Fsp3) is 1.00. The van der Waals surface area contributed by atoms with E-state index in [4.69, 9.17) is 76.9 Å². The molecule has 0 aromatic heterocycles. The molecule has 35 nitrogen and oxygen atoms in total. The summed E-state index contributed by atoms with van der Waals surface area (Å²) in [5, 5.41) is 173. The molecular formula is C40H72N2O33P2. The third-order valence-electron chi connectivity index (χ3n) is 14.3. The highest BCUT2D eigenvalue weighted by atomic mass is 31.2. The summed E-state index contributed by atoms with van der Waals surface area (Å²) in [6.45, 7) is -2.46. The van der Waals surface area contributed by atoms with Crippen molar-refractivity contribution in [1.29, 1.82) is 0 Å². The van der Waals surface area contributed by atoms with Crippen molar-refractivity contribution in [2.75, 3.05) is 52.9 Å². The SMILES string of the molecule is C[C@H]1C(O)C(O[C@H]2OC(CO)[C@@H](O[C@H]3OC(CO[C@H]4OC(CO)[C@@H](O)[C@H](O)C4O[C@H]4OC(COP(C)(=O)OCCN)[C@@H](O)[C@H](O)C4O[C@H]4OC(CO)[C@@H](O)[C@H](O)C4O)[C@@H](O)[C@H](O)C3O)[C@H](O)C2N)[C@@H]2OP(=O)(O)O[C@H]2C1O. The maximum Gasteiger partial charge on any atom is 0.473 e. The van der Waals surface area contributed by atoms with Gasteiger partial charge < -0.3 is 154 Å². The largest absolute Gasteiger partial charge is 0.473 e. The first-order chi connectivity index (χ1) is 36.2. The zero-order valence-electron chi connectivity index (χ0n) is 41.0. The second-order valence-electron chi connectivity index (χ2n) is 19.6. The Balaban J connectivity index is 1.08. The first-order valence-electron chi connectivity index (χ1n) is 24.4. The molecule has 33 atom stereocenters. The van der Waals surface area contributed by atoms with Crippen molar-refractivity contribution >= 4 is 15.4 Å². The molecule has 0 amide bonds. The molecule has 0 aromatic rings. The molecule has 7 rings (SSSR count). The van der Waals surface area contributed by atoms with Gasteiger partial charge in [-0.3, -0.25) is 13.6 Å². The summed E-state index contributed by atoms with van der Waals surface area (Å²) in [7, 11) is -8.64. The standard InChI is InChI=1S/C40H72N2O33P2/c1-10-17(46)31(35-32(18(10)47)74-77(60,61)75-35)71-36-16(42)23(52)30(13(7-45)67-36)70-38-29(58)25(54)21(50)14(68-38)8-62-39-33(26(55)20(49)12(6-44)66-39)73-40-34(72-37-28(57)24(53)19(48)11(5-43)65-37)27(56)22(51)15(69-40)9-64-76(2,59)63-4-3-41/h10-40,43-58H,3-9,41-42H2,1-2H3,(H,60,61)/t10-,11?,12?,13?,14?,15?,16?,17?,18?,19+,20+,21+,22+,23+,24-,25-,26-,27-,28?,29?,30+,31?,32-,33?,34?,35-,36+,37+,38+,39-,40+,76?/m0/s1. The van der Waals surface area contributed by atoms with Crippen molar-refractivity contribution in [3.63, 3.8) is 0 Å². The Hall–Kier alpha value is -0.860. The Morgan fingerprint density at radius 2 is 0.922 bits per heavy atom. The van der Waals surface area contributed by atoms with Crippen LogP contribution < -0.4 is 11.5 Å². The average molecular weight is 1170 g/mol. The zero-order valence-corrected chi connectivity index (χ0v) is 42.8. The summed E-state index contributed by atoms with van der Waals surface area (Å²) < 4.78 is 104. The molecule has 15 unspecified atom stereocenters. The van der Waals surface area contributed by atoms with Crippen LogP contribution in [0.2, 0.25) is 0 Å². The fourth-order valence-corrected chi connectivity index (χ4v) is 11.8. The van der Waals surface area contributed by atoms with Gasteiger partial charge in [-0.25, -0.2) is 4.57 Å². The number of hydrogen-bond acceptors (Lipinski definition) is 34. The minimum atomic E-state index is -4.72. The number of hydrogen-bond donors (Lipinski definition) is 19. The van der Waals surface area contributed by atoms with E-state index in [-0.39, 0.29) is 13.2 Å². The van der Waals surface area contributed by atoms with Gasteiger partial charge in [-0.05, 0) is 0 Å². The molecule has 1 aliphatic carbocycles. The average Bonchev–Trinajstić information content (AvgIpc) is 3.77. The number of phosphoric acid groups is 1. The molecule has 77 heavy (non-hydrogen) atoms. The van der Waals surface area contributed by atoms with Crippen molar-refractivity contribution < 1.29 is 161 Å². The van der Waals surface area contributed by atoms with Crippen LogP contribution in [0.15, 0.2) is 0 Å². The van der Waals surface area contributed by atoms with E-state index in [1.165, 1.54) is 6.92 Å². The van der Waals surface area contributed by atoms with E-state index in [0.29, 0.717) is 0 Å². The van der Waals surface area contributed by atoms with E-state index >= 15 is 0 Å². The second kappa shape index (κ2) is 26.4. The lowest BCUT2D eigenvalue weighted by Crippen LogP contribution is -2.68. The Labute approximate surface area is 437 Å². The minimum absolute atomic E-state index is 0.0639. The minimum Gasteiger partial charge on any atom is -0.394 e. The van der Waals surface area contributed by atoms with Gasteiger partial charge in [0, 0.05) is 19.1 Å². The van der Waals surface area contributed by atoms with Gasteiger partial charge in [-0.1, -0.05) is 6.92 Å². The molecule has 6 saturated heterocycles. The molecule has 7 fully saturated rings. The maximum absolute atomic E-state index is 12.9. The number of fused-ring (bicyclic) bond motifs is 1. The van der Waals surface area contributed by atoms with Gasteiger partial charge in [-0.15, -0.1) is 0 Å². The van der Waals surface area contributed by atoms with Crippen LogP contribution in [0.5, 0.6) is 0 Å². The number of phosphoric ester groups is 1. The highest BCUT2D eigenvalue weighted by Gasteiger charge is 2.61. The molecule has 6 aliphatic heterocycles. The molecule has 1 saturated carbocycles. The Kier molecular flexibility index (Phi) is 21.8. The van der Waals surface area contributed by atoms with E-state index in [2.05, 4.69) is 0 Å². The fourth-order valence-electron chi connectivity index (χ4n) is 9.74. The van der Waals surface area contributed by atoms with Crippen molar-refractivity contribution in [2.45, 2.75) is 191 Å². The highest BCUT2D eigenvalue weighted by molar-refractivity contribution is 7.53. The first-order valence-corrected chi connectivity index (χ1v) is 27.9. The number of aliphatic hydroxyl groups excluding tert-OH is 16. The van der Waals surface area contributed by atoms with Gasteiger partial charge in [0.25, 0.3) is 0 Å². The van der Waals surface area contributed by atoms with Gasteiger partial charge in [0.2, 0.25) is 0 Å². The molecular weight excluding hydrogens is 1100 g/mol. The van der Waals surface area contributed by atoms with Crippen LogP contribution in [0.25, 0.3) is 0 Å². The Morgan fingerprint density at radius 1 is 0.481 bits per heavy atom. The van der Waals surface area contributed by atoms with Crippen LogP contribution in [-0.4, -0.2) is 323 Å². The van der Waals surface area contributed by atoms with Gasteiger partial charge >= 0.3 is 15.4 Å². The van der Waals surface area contributed by atoms with Gasteiger partial charge in [-0.2, -0.15) is 0 Å². The van der Waals surface area contributed by atoms with Crippen LogP contribution in [0.3, 0.4) is 0 Å². The van der Waals surface area contributed by atoms with Crippen LogP contribution in [0.1, 0.15) is 6.92 Å². The topological polar surface area (TPSA) is 559 Å². The summed E-state index contributed by atoms with van der Waals surface area (Å²) in [6, 6.07) is -1.65. The van der Waals surface area contributed by atoms with Crippen LogP contribution in [0.4, 0.5) is 0 Å². The summed E-state index contributed by atoms with van der Waals surface area (Å²) in [5.74, 6) is -1.03. The smallest absolute Gasteiger partial charge is 0.394 e. The van der Waals surface area contributed by atoms with Gasteiger partial charge in [0.05, 0.1) is 57.9 Å². The Bertz CT molecular complexity index is 1980. The quantitative estimate of drug-likeness (QED) is 0.0503. The van der Waals surface area contributed by atoms with Crippen molar-refractivity contribution in [3.05, 3.63) is 0 Å². The summed E-state index contributed by atoms with van der Waals surface area (Å²) >= 11 is 0. The third-order valence-corrected chi connectivity index (χ3v) is 16.6. The molecule has 37 heteroatoms. The summed E-state index contributed by atoms with van der Waals surface area (Å²) in [5.41, 5.74) is 11.7. The predicted octanol–water partition coefficient (Wildman–Crippen LogP) is -11.5. The molecule has 0 radical (unpaired) electrons. The molecule has 0 aromatic carbocycles. The van der Waals surface area contributed by atoms with Crippen LogP contribution >= 0.6 is 15.4 Å². The molecule has 21 N–H and O–H groups in total. The van der Waals surface area contributed by atoms with E-state index in [1.54, 1.807) is 0 Å². The summed E-state index contributed by atoms with van der Waals surface area (Å²) in [4.78, 5) is 9.99. The summed E-state index contributed by atoms with van der Waals surface area (Å²) in [6.07, 6.45) is -54.5.